The molecular weight excluding hydrogens is 345 g/mol. The monoisotopic (exact) mass is 363 g/mol. The van der Waals surface area contributed by atoms with E-state index in [1.807, 2.05) is 0 Å². The van der Waals surface area contributed by atoms with Gasteiger partial charge in [-0.25, -0.2) is 4.39 Å². The number of amides is 1. The number of hydrogen-bond acceptors (Lipinski definition) is 4. The van der Waals surface area contributed by atoms with Crippen LogP contribution in [0.4, 0.5) is 4.39 Å². The van der Waals surface area contributed by atoms with Crippen LogP contribution in [0.1, 0.15) is 13.8 Å². The minimum atomic E-state index is -1.15. The Labute approximate surface area is 131 Å². The molecule has 0 bridgehead atoms. The topological polar surface area (TPSA) is 67.8 Å². The zero-order valence-electron chi connectivity index (χ0n) is 12.2. The van der Waals surface area contributed by atoms with Crippen LogP contribution in [-0.2, 0) is 9.53 Å². The van der Waals surface area contributed by atoms with Gasteiger partial charge < -0.3 is 19.9 Å². The van der Waals surface area contributed by atoms with Crippen molar-refractivity contribution in [1.82, 2.24) is 5.32 Å². The second-order valence-corrected chi connectivity index (χ2v) is 5.84. The summed E-state index contributed by atoms with van der Waals surface area (Å²) in [6.07, 6.45) is -0.787. The van der Waals surface area contributed by atoms with Gasteiger partial charge in [0.15, 0.2) is 6.10 Å². The molecule has 0 fully saturated rings. The lowest BCUT2D eigenvalue weighted by Gasteiger charge is -2.24. The molecule has 0 aliphatic heterocycles. The molecule has 1 amide bonds. The molecule has 1 rings (SSSR count). The number of hydrogen-bond donors (Lipinski definition) is 2. The van der Waals surface area contributed by atoms with E-state index in [1.165, 1.54) is 25.3 Å². The molecule has 2 atom stereocenters. The van der Waals surface area contributed by atoms with Crippen molar-refractivity contribution in [2.75, 3.05) is 20.3 Å². The van der Waals surface area contributed by atoms with Gasteiger partial charge in [0.05, 0.1) is 11.1 Å². The lowest BCUT2D eigenvalue weighted by molar-refractivity contribution is -0.128. The van der Waals surface area contributed by atoms with Crippen LogP contribution in [0.15, 0.2) is 22.7 Å². The number of carbonyl (C=O) groups excluding carboxylic acids is 1. The predicted octanol–water partition coefficient (Wildman–Crippen LogP) is 1.87. The fourth-order valence-electron chi connectivity index (χ4n) is 1.60. The van der Waals surface area contributed by atoms with Crippen LogP contribution in [0.2, 0.25) is 0 Å². The van der Waals surface area contributed by atoms with E-state index < -0.39 is 17.5 Å². The summed E-state index contributed by atoms with van der Waals surface area (Å²) in [5.74, 6) is -0.424. The standard InChI is InChI=1S/C14H19BrFNO4/c1-9(13(18)17-7-14(2,19)8-20-3)21-12-5-4-10(16)6-11(12)15/h4-6,9,19H,7-8H2,1-3H3,(H,17,18). The summed E-state index contributed by atoms with van der Waals surface area (Å²) in [7, 11) is 1.47. The molecule has 0 radical (unpaired) electrons. The van der Waals surface area contributed by atoms with Crippen molar-refractivity contribution in [3.05, 3.63) is 28.5 Å². The molecule has 1 aromatic carbocycles. The Bertz CT molecular complexity index is 496. The molecule has 0 aromatic heterocycles. The number of rotatable bonds is 7. The van der Waals surface area contributed by atoms with Crippen molar-refractivity contribution in [2.24, 2.45) is 0 Å². The van der Waals surface area contributed by atoms with Gasteiger partial charge in [0.1, 0.15) is 17.2 Å². The van der Waals surface area contributed by atoms with Crippen molar-refractivity contribution >= 4 is 21.8 Å². The van der Waals surface area contributed by atoms with Crippen molar-refractivity contribution in [3.8, 4) is 5.75 Å². The Hall–Kier alpha value is -1.18. The summed E-state index contributed by atoms with van der Waals surface area (Å²) in [6.45, 7) is 3.26. The molecule has 2 unspecified atom stereocenters. The first-order chi connectivity index (χ1) is 9.75. The summed E-state index contributed by atoms with van der Waals surface area (Å²) >= 11 is 3.16. The van der Waals surface area contributed by atoms with Crippen LogP contribution in [0.25, 0.3) is 0 Å². The minimum Gasteiger partial charge on any atom is -0.480 e. The molecule has 118 valence electrons. The first-order valence-electron chi connectivity index (χ1n) is 6.36. The average molecular weight is 364 g/mol. The lowest BCUT2D eigenvalue weighted by Crippen LogP contribution is -2.47. The third kappa shape index (κ3) is 5.99. The third-order valence-electron chi connectivity index (χ3n) is 2.67. The van der Waals surface area contributed by atoms with Crippen LogP contribution < -0.4 is 10.1 Å². The molecule has 0 saturated carbocycles. The number of carbonyl (C=O) groups is 1. The van der Waals surface area contributed by atoms with Crippen LogP contribution >= 0.6 is 15.9 Å². The average Bonchev–Trinajstić information content (AvgIpc) is 2.39. The summed E-state index contributed by atoms with van der Waals surface area (Å²) < 4.78 is 23.7. The smallest absolute Gasteiger partial charge is 0.260 e. The Morgan fingerprint density at radius 2 is 2.24 bits per heavy atom. The van der Waals surface area contributed by atoms with Gasteiger partial charge in [-0.1, -0.05) is 0 Å². The Morgan fingerprint density at radius 1 is 1.57 bits per heavy atom. The van der Waals surface area contributed by atoms with Crippen LogP contribution in [0.5, 0.6) is 5.75 Å². The molecule has 0 spiro atoms. The lowest BCUT2D eigenvalue weighted by atomic mass is 10.1. The second kappa shape index (κ2) is 7.72. The number of methoxy groups -OCH3 is 1. The molecule has 1 aromatic rings. The second-order valence-electron chi connectivity index (χ2n) is 4.98. The molecule has 7 heteroatoms. The summed E-state index contributed by atoms with van der Waals surface area (Å²) in [5, 5.41) is 12.5. The van der Waals surface area contributed by atoms with Crippen LogP contribution in [0, 0.1) is 5.82 Å². The van der Waals surface area contributed by atoms with Crippen molar-refractivity contribution in [3.63, 3.8) is 0 Å². The molecule has 0 heterocycles. The maximum atomic E-state index is 13.0. The predicted molar refractivity (Wildman–Crippen MR) is 79.7 cm³/mol. The maximum absolute atomic E-state index is 13.0. The van der Waals surface area contributed by atoms with Crippen molar-refractivity contribution < 1.29 is 23.8 Å². The van der Waals surface area contributed by atoms with Gasteiger partial charge in [0.25, 0.3) is 5.91 Å². The van der Waals surface area contributed by atoms with E-state index in [4.69, 9.17) is 9.47 Å². The molecular formula is C14H19BrFNO4. The Balaban J connectivity index is 2.55. The quantitative estimate of drug-likeness (QED) is 0.775. The van der Waals surface area contributed by atoms with Crippen LogP contribution in [-0.4, -0.2) is 43.0 Å². The largest absolute Gasteiger partial charge is 0.480 e. The van der Waals surface area contributed by atoms with E-state index in [-0.39, 0.29) is 19.1 Å². The molecule has 0 aliphatic carbocycles. The van der Waals surface area contributed by atoms with Gasteiger partial charge in [-0.15, -0.1) is 0 Å². The number of nitrogens with one attached hydrogen (secondary N) is 1. The summed E-state index contributed by atoms with van der Waals surface area (Å²) in [5.41, 5.74) is -1.15. The van der Waals surface area contributed by atoms with E-state index in [2.05, 4.69) is 21.2 Å². The third-order valence-corrected chi connectivity index (χ3v) is 3.29. The Kier molecular flexibility index (Phi) is 6.57. The highest BCUT2D eigenvalue weighted by molar-refractivity contribution is 9.10. The first kappa shape index (κ1) is 17.9. The number of ether oxygens (including phenoxy) is 2. The van der Waals surface area contributed by atoms with Gasteiger partial charge >= 0.3 is 0 Å². The highest BCUT2D eigenvalue weighted by Crippen LogP contribution is 2.26. The Morgan fingerprint density at radius 3 is 2.81 bits per heavy atom. The van der Waals surface area contributed by atoms with Crippen LogP contribution in [0.3, 0.4) is 0 Å². The molecule has 2 N–H and O–H groups in total. The number of benzene rings is 1. The molecule has 5 nitrogen and oxygen atoms in total. The first-order valence-corrected chi connectivity index (χ1v) is 7.15. The summed E-state index contributed by atoms with van der Waals surface area (Å²) in [6, 6.07) is 3.93. The molecule has 0 aliphatic rings. The highest BCUT2D eigenvalue weighted by Gasteiger charge is 2.23. The highest BCUT2D eigenvalue weighted by atomic mass is 79.9. The van der Waals surface area contributed by atoms with E-state index in [9.17, 15) is 14.3 Å². The van der Waals surface area contributed by atoms with E-state index >= 15 is 0 Å². The van der Waals surface area contributed by atoms with Gasteiger partial charge in [-0.05, 0) is 48.0 Å². The molecule has 0 saturated heterocycles. The van der Waals surface area contributed by atoms with Gasteiger partial charge in [-0.2, -0.15) is 0 Å². The van der Waals surface area contributed by atoms with E-state index in [0.29, 0.717) is 10.2 Å². The summed E-state index contributed by atoms with van der Waals surface area (Å²) in [4.78, 5) is 11.9. The van der Waals surface area contributed by atoms with Crippen molar-refractivity contribution in [2.45, 2.75) is 25.6 Å². The fourth-order valence-corrected chi connectivity index (χ4v) is 2.04. The molecule has 21 heavy (non-hydrogen) atoms. The normalized spacial score (nSPS) is 15.1. The fraction of sp³-hybridized carbons (Fsp3) is 0.500. The number of aliphatic hydroxyl groups is 1. The maximum Gasteiger partial charge on any atom is 0.260 e. The zero-order valence-corrected chi connectivity index (χ0v) is 13.7. The van der Waals surface area contributed by atoms with Gasteiger partial charge in [-0.3, -0.25) is 4.79 Å². The van der Waals surface area contributed by atoms with Gasteiger partial charge in [0, 0.05) is 13.7 Å². The van der Waals surface area contributed by atoms with E-state index in [1.54, 1.807) is 13.8 Å². The van der Waals surface area contributed by atoms with Crippen molar-refractivity contribution in [1.29, 1.82) is 0 Å². The SMILES string of the molecule is COCC(C)(O)CNC(=O)C(C)Oc1ccc(F)cc1Br. The zero-order chi connectivity index (χ0) is 16.0. The number of halogens is 2. The minimum absolute atomic E-state index is 0.0396. The van der Waals surface area contributed by atoms with Gasteiger partial charge in [0.2, 0.25) is 0 Å². The van der Waals surface area contributed by atoms with E-state index in [0.717, 1.165) is 0 Å².